The number of benzene rings is 18. The quantitative estimate of drug-likeness (QED) is 0.122. The molecule has 3 nitrogen and oxygen atoms in total. The third-order valence-electron chi connectivity index (χ3n) is 23.0. The van der Waals surface area contributed by atoms with Gasteiger partial charge in [0.1, 0.15) is 11.2 Å². The zero-order valence-corrected chi connectivity index (χ0v) is 66.5. The summed E-state index contributed by atoms with van der Waals surface area (Å²) in [6.07, 6.45) is 0. The predicted octanol–water partition coefficient (Wildman–Crippen LogP) is 34.1. The summed E-state index contributed by atoms with van der Waals surface area (Å²) >= 11 is 9.30. The van der Waals surface area contributed by atoms with Crippen LogP contribution in [0.2, 0.25) is 0 Å². The molecule has 0 atom stereocenters. The first-order chi connectivity index (χ1) is 57.4. The highest BCUT2D eigenvalue weighted by Crippen LogP contribution is 2.47. The van der Waals surface area contributed by atoms with E-state index in [1.54, 1.807) is 0 Å². The molecule has 0 spiro atoms. The fraction of sp³-hybridized carbons (Fsp3) is 0. The van der Waals surface area contributed by atoms with Gasteiger partial charge in [-0.05, 0) is 249 Å². The van der Waals surface area contributed by atoms with E-state index in [0.717, 1.165) is 67.2 Å². The lowest BCUT2D eigenvalue weighted by atomic mass is 10.0. The lowest BCUT2D eigenvalue weighted by molar-refractivity contribution is 0.669. The number of hydrogen-bond donors (Lipinski definition) is 0. The fourth-order valence-electron chi connectivity index (χ4n) is 17.1. The van der Waals surface area contributed by atoms with E-state index in [0.29, 0.717) is 0 Å². The minimum absolute atomic E-state index is 0.909. The maximum Gasteiger partial charge on any atom is 0.135 e. The molecule has 0 bridgehead atoms. The van der Waals surface area contributed by atoms with Crippen LogP contribution in [0.4, 0.5) is 34.1 Å². The van der Waals surface area contributed by atoms with Crippen molar-refractivity contribution in [2.24, 2.45) is 0 Å². The molecular formula is C108H66N2OS5. The summed E-state index contributed by atoms with van der Waals surface area (Å²) in [5.74, 6) is 0. The molecule has 116 heavy (non-hydrogen) atoms. The van der Waals surface area contributed by atoms with E-state index >= 15 is 0 Å². The van der Waals surface area contributed by atoms with E-state index in [2.05, 4.69) is 398 Å². The smallest absolute Gasteiger partial charge is 0.135 e. The Bertz CT molecular complexity index is 6720. The van der Waals surface area contributed by atoms with Gasteiger partial charge in [-0.15, -0.1) is 56.7 Å². The zero-order valence-electron chi connectivity index (χ0n) is 62.4. The molecule has 0 radical (unpaired) electrons. The van der Waals surface area contributed by atoms with Gasteiger partial charge in [-0.3, -0.25) is 0 Å². The summed E-state index contributed by atoms with van der Waals surface area (Å²) < 4.78 is 19.4. The Morgan fingerprint density at radius 3 is 0.569 bits per heavy atom. The highest BCUT2D eigenvalue weighted by atomic mass is 32.1. The summed E-state index contributed by atoms with van der Waals surface area (Å²) in [6, 6.07) is 147. The molecule has 544 valence electrons. The van der Waals surface area contributed by atoms with E-state index in [-0.39, 0.29) is 0 Å². The molecule has 0 aliphatic rings. The molecule has 0 aliphatic heterocycles. The Morgan fingerprint density at radius 2 is 0.319 bits per heavy atom. The number of anilines is 6. The molecule has 0 aliphatic carbocycles. The van der Waals surface area contributed by atoms with Gasteiger partial charge < -0.3 is 14.2 Å². The van der Waals surface area contributed by atoms with Crippen LogP contribution in [0.15, 0.2) is 405 Å². The van der Waals surface area contributed by atoms with E-state index < -0.39 is 0 Å². The monoisotopic (exact) mass is 1570 g/mol. The van der Waals surface area contributed by atoms with Crippen LogP contribution in [0.1, 0.15) is 0 Å². The van der Waals surface area contributed by atoms with Crippen molar-refractivity contribution in [1.29, 1.82) is 0 Å². The molecule has 24 aromatic rings. The van der Waals surface area contributed by atoms with Crippen molar-refractivity contribution in [3.05, 3.63) is 400 Å². The van der Waals surface area contributed by atoms with Crippen LogP contribution in [0.3, 0.4) is 0 Å². The maximum atomic E-state index is 6.12. The summed E-state index contributed by atoms with van der Waals surface area (Å²) in [6.45, 7) is 0. The van der Waals surface area contributed by atoms with Crippen LogP contribution in [-0.4, -0.2) is 0 Å². The van der Waals surface area contributed by atoms with Crippen molar-refractivity contribution in [2.75, 3.05) is 9.80 Å². The molecule has 6 aromatic heterocycles. The van der Waals surface area contributed by atoms with E-state index in [1.165, 1.54) is 156 Å². The van der Waals surface area contributed by atoms with E-state index in [4.69, 9.17) is 4.42 Å². The van der Waals surface area contributed by atoms with Gasteiger partial charge in [-0.1, -0.05) is 218 Å². The van der Waals surface area contributed by atoms with Crippen molar-refractivity contribution in [3.8, 4) is 66.8 Å². The molecule has 0 saturated carbocycles. The number of para-hydroxylation sites is 1. The van der Waals surface area contributed by atoms with Gasteiger partial charge in [0.05, 0.1) is 0 Å². The Hall–Kier alpha value is -13.5. The Morgan fingerprint density at radius 1 is 0.138 bits per heavy atom. The second-order valence-corrected chi connectivity index (χ2v) is 35.2. The molecule has 0 saturated heterocycles. The highest BCUT2D eigenvalue weighted by Gasteiger charge is 2.20. The topological polar surface area (TPSA) is 19.6 Å². The fourth-order valence-corrected chi connectivity index (χ4v) is 22.6. The number of hydrogen-bond acceptors (Lipinski definition) is 8. The summed E-state index contributed by atoms with van der Waals surface area (Å²) in [5, 5.41) is 15.5. The van der Waals surface area contributed by atoms with Gasteiger partial charge in [0.25, 0.3) is 0 Å². The van der Waals surface area contributed by atoms with E-state index in [9.17, 15) is 0 Å². The number of nitrogens with zero attached hydrogens (tertiary/aromatic N) is 2. The second kappa shape index (κ2) is 28.2. The molecule has 0 fully saturated rings. The standard InChI is InChI=1S/C54H33NOS2.C54H33NS3/c1-4-10-49-43(7-1)46-31-37(19-28-50(46)56-49)34-13-22-40(23-14-34)55(41-24-15-35(16-25-41)38-20-29-53-47(32-38)44-8-2-5-11-51(44)57-53)42-26-17-36(18-27-42)39-21-30-54-48(33-39)45-9-3-6-12-52(45)58-54;1-4-10-49-43(7-1)46-31-37(19-28-52(46)56-49)34-13-22-40(23-14-34)55(41-24-15-35(16-25-41)38-20-29-53-47(32-38)44-8-2-5-11-50(44)57-53)42-26-17-36(18-27-42)39-21-30-54-48(33-39)45-9-3-6-12-51(45)58-54/h2*1-33H. The van der Waals surface area contributed by atoms with Crippen LogP contribution in [-0.2, 0) is 0 Å². The number of rotatable bonds is 12. The SMILES string of the molecule is c1ccc2c(c1)oc1ccc(-c3ccc(N(c4ccc(-c5ccc6sc7ccccc7c6c5)cc4)c4ccc(-c5ccc6sc7ccccc7c6c5)cc4)cc3)cc12.c1ccc2c(c1)sc1ccc(-c3ccc(N(c4ccc(-c5ccc6sc7ccccc7c6c5)cc4)c4ccc(-c5ccc6sc7ccccc7c6c5)cc4)cc3)cc12. The summed E-state index contributed by atoms with van der Waals surface area (Å²) in [4.78, 5) is 4.73. The number of fused-ring (bicyclic) bond motifs is 18. The summed E-state index contributed by atoms with van der Waals surface area (Å²) in [7, 11) is 0. The van der Waals surface area contributed by atoms with Crippen molar-refractivity contribution >= 4 is 214 Å². The molecule has 6 heterocycles. The highest BCUT2D eigenvalue weighted by molar-refractivity contribution is 7.27. The normalized spacial score (nSPS) is 11.8. The molecule has 8 heteroatoms. The van der Waals surface area contributed by atoms with Crippen molar-refractivity contribution in [2.45, 2.75) is 0 Å². The zero-order chi connectivity index (χ0) is 76.3. The second-order valence-electron chi connectivity index (χ2n) is 29.8. The Labute approximate surface area is 689 Å². The average molecular weight is 1570 g/mol. The van der Waals surface area contributed by atoms with Crippen molar-refractivity contribution in [3.63, 3.8) is 0 Å². The van der Waals surface area contributed by atoms with Gasteiger partial charge in [-0.2, -0.15) is 0 Å². The van der Waals surface area contributed by atoms with Crippen LogP contribution in [0.5, 0.6) is 0 Å². The van der Waals surface area contributed by atoms with Crippen LogP contribution in [0.25, 0.3) is 190 Å². The lowest BCUT2D eigenvalue weighted by Crippen LogP contribution is -2.09. The molecule has 0 unspecified atom stereocenters. The van der Waals surface area contributed by atoms with Gasteiger partial charge in [0.2, 0.25) is 0 Å². The number of thiophene rings is 5. The maximum absolute atomic E-state index is 6.12. The molecule has 0 N–H and O–H groups in total. The minimum Gasteiger partial charge on any atom is -0.456 e. The van der Waals surface area contributed by atoms with E-state index in [1.807, 2.05) is 68.8 Å². The first kappa shape index (κ1) is 68.1. The van der Waals surface area contributed by atoms with Crippen molar-refractivity contribution < 1.29 is 4.42 Å². The third-order valence-corrected chi connectivity index (χ3v) is 28.8. The Balaban J connectivity index is 0.000000137. The first-order valence-corrected chi connectivity index (χ1v) is 43.2. The first-order valence-electron chi connectivity index (χ1n) is 39.1. The van der Waals surface area contributed by atoms with Gasteiger partial charge >= 0.3 is 0 Å². The Kier molecular flexibility index (Phi) is 16.6. The van der Waals surface area contributed by atoms with Crippen molar-refractivity contribution in [1.82, 2.24) is 0 Å². The van der Waals surface area contributed by atoms with Crippen LogP contribution < -0.4 is 9.80 Å². The summed E-state index contributed by atoms with van der Waals surface area (Å²) in [5.41, 5.74) is 22.9. The number of furan rings is 1. The van der Waals surface area contributed by atoms with Crippen LogP contribution in [0, 0.1) is 0 Å². The molecule has 24 rings (SSSR count). The average Bonchev–Trinajstić information content (AvgIpc) is 1.31. The molecule has 18 aromatic carbocycles. The lowest BCUT2D eigenvalue weighted by Gasteiger charge is -2.26. The van der Waals surface area contributed by atoms with Gasteiger partial charge in [-0.25, -0.2) is 0 Å². The third kappa shape index (κ3) is 12.1. The van der Waals surface area contributed by atoms with Gasteiger partial charge in [0.15, 0.2) is 0 Å². The molecular weight excluding hydrogens is 1500 g/mol. The van der Waals surface area contributed by atoms with Crippen LogP contribution >= 0.6 is 56.7 Å². The predicted molar refractivity (Wildman–Crippen MR) is 507 cm³/mol. The minimum atomic E-state index is 0.909. The largest absolute Gasteiger partial charge is 0.456 e. The molecule has 0 amide bonds. The van der Waals surface area contributed by atoms with Gasteiger partial charge in [0, 0.05) is 146 Å².